The van der Waals surface area contributed by atoms with Gasteiger partial charge in [0, 0.05) is 24.4 Å². The van der Waals surface area contributed by atoms with Gasteiger partial charge in [0.1, 0.15) is 6.04 Å². The molecule has 1 aliphatic rings. The summed E-state index contributed by atoms with van der Waals surface area (Å²) in [7, 11) is 0. The summed E-state index contributed by atoms with van der Waals surface area (Å²) in [4.78, 5) is 29.1. The molecule has 120 valence electrons. The molecule has 2 rings (SSSR count). The molecule has 2 amide bonds. The van der Waals surface area contributed by atoms with E-state index in [0.29, 0.717) is 17.2 Å². The average molecular weight is 320 g/mol. The SMILES string of the molecule is CCCN(CCC)C(=O)C1CSCN1C(=O)c1ccccc1. The number of amides is 2. The molecule has 1 heterocycles. The summed E-state index contributed by atoms with van der Waals surface area (Å²) >= 11 is 1.65. The van der Waals surface area contributed by atoms with Crippen molar-refractivity contribution in [3.05, 3.63) is 35.9 Å². The van der Waals surface area contributed by atoms with Gasteiger partial charge in [0.15, 0.2) is 0 Å². The van der Waals surface area contributed by atoms with Crippen molar-refractivity contribution in [2.24, 2.45) is 0 Å². The molecule has 22 heavy (non-hydrogen) atoms. The van der Waals surface area contributed by atoms with E-state index in [4.69, 9.17) is 0 Å². The van der Waals surface area contributed by atoms with Crippen molar-refractivity contribution in [2.75, 3.05) is 24.7 Å². The number of carbonyl (C=O) groups excluding carboxylic acids is 2. The van der Waals surface area contributed by atoms with E-state index in [2.05, 4.69) is 13.8 Å². The Labute approximate surface area is 136 Å². The van der Waals surface area contributed by atoms with Crippen molar-refractivity contribution in [2.45, 2.75) is 32.7 Å². The summed E-state index contributed by atoms with van der Waals surface area (Å²) < 4.78 is 0. The Bertz CT molecular complexity index is 501. The Morgan fingerprint density at radius 1 is 1.18 bits per heavy atom. The highest BCUT2D eigenvalue weighted by Gasteiger charge is 2.36. The van der Waals surface area contributed by atoms with Gasteiger partial charge in [-0.3, -0.25) is 9.59 Å². The van der Waals surface area contributed by atoms with Crippen LogP contribution < -0.4 is 0 Å². The smallest absolute Gasteiger partial charge is 0.255 e. The van der Waals surface area contributed by atoms with Crippen LogP contribution in [-0.2, 0) is 4.79 Å². The highest BCUT2D eigenvalue weighted by molar-refractivity contribution is 7.99. The van der Waals surface area contributed by atoms with Gasteiger partial charge in [-0.15, -0.1) is 11.8 Å². The van der Waals surface area contributed by atoms with Gasteiger partial charge in [-0.25, -0.2) is 0 Å². The van der Waals surface area contributed by atoms with Crippen LogP contribution in [0, 0.1) is 0 Å². The van der Waals surface area contributed by atoms with Gasteiger partial charge in [0.2, 0.25) is 5.91 Å². The summed E-state index contributed by atoms with van der Waals surface area (Å²) in [5.74, 6) is 1.34. The lowest BCUT2D eigenvalue weighted by atomic mass is 10.1. The number of carbonyl (C=O) groups is 2. The first-order chi connectivity index (χ1) is 10.7. The zero-order valence-corrected chi connectivity index (χ0v) is 14.1. The molecule has 4 nitrogen and oxygen atoms in total. The number of thioether (sulfide) groups is 1. The van der Waals surface area contributed by atoms with Gasteiger partial charge in [0.05, 0.1) is 5.88 Å². The van der Waals surface area contributed by atoms with Crippen molar-refractivity contribution in [3.8, 4) is 0 Å². The summed E-state index contributed by atoms with van der Waals surface area (Å²) in [6, 6.07) is 8.89. The minimum Gasteiger partial charge on any atom is -0.341 e. The molecule has 0 aromatic heterocycles. The number of benzene rings is 1. The lowest BCUT2D eigenvalue weighted by Crippen LogP contribution is -2.49. The molecular weight excluding hydrogens is 296 g/mol. The van der Waals surface area contributed by atoms with Gasteiger partial charge in [-0.2, -0.15) is 0 Å². The Kier molecular flexibility index (Phi) is 6.31. The Hall–Kier alpha value is -1.49. The molecule has 1 fully saturated rings. The molecule has 1 aromatic rings. The van der Waals surface area contributed by atoms with E-state index in [1.165, 1.54) is 0 Å². The Balaban J connectivity index is 2.12. The third-order valence-corrected chi connectivity index (χ3v) is 4.76. The van der Waals surface area contributed by atoms with Crippen LogP contribution in [0.3, 0.4) is 0 Å². The zero-order valence-electron chi connectivity index (χ0n) is 13.3. The van der Waals surface area contributed by atoms with Gasteiger partial charge in [0.25, 0.3) is 5.91 Å². The van der Waals surface area contributed by atoms with Crippen molar-refractivity contribution < 1.29 is 9.59 Å². The van der Waals surface area contributed by atoms with Crippen LogP contribution in [0.5, 0.6) is 0 Å². The molecule has 1 atom stereocenters. The Morgan fingerprint density at radius 3 is 2.41 bits per heavy atom. The maximum atomic E-state index is 12.8. The lowest BCUT2D eigenvalue weighted by molar-refractivity contribution is -0.135. The minimum absolute atomic E-state index is 0.0445. The highest BCUT2D eigenvalue weighted by Crippen LogP contribution is 2.24. The van der Waals surface area contributed by atoms with E-state index in [1.54, 1.807) is 16.7 Å². The number of nitrogens with zero attached hydrogens (tertiary/aromatic N) is 2. The maximum Gasteiger partial charge on any atom is 0.255 e. The summed E-state index contributed by atoms with van der Waals surface area (Å²) in [6.45, 7) is 5.68. The van der Waals surface area contributed by atoms with E-state index in [0.717, 1.165) is 25.9 Å². The van der Waals surface area contributed by atoms with Crippen LogP contribution in [0.1, 0.15) is 37.0 Å². The standard InChI is InChI=1S/C17H24N2O2S/c1-3-10-18(11-4-2)17(21)15-12-22-13-19(15)16(20)14-8-6-5-7-9-14/h5-9,15H,3-4,10-13H2,1-2H3. The summed E-state index contributed by atoms with van der Waals surface area (Å²) in [6.07, 6.45) is 1.89. The molecule has 0 radical (unpaired) electrons. The molecule has 0 bridgehead atoms. The normalized spacial score (nSPS) is 17.5. The van der Waals surface area contributed by atoms with Crippen LogP contribution in [0.4, 0.5) is 0 Å². The monoisotopic (exact) mass is 320 g/mol. The van der Waals surface area contributed by atoms with Gasteiger partial charge >= 0.3 is 0 Å². The first-order valence-electron chi connectivity index (χ1n) is 7.91. The molecule has 1 unspecified atom stereocenters. The first-order valence-corrected chi connectivity index (χ1v) is 9.07. The molecular formula is C17H24N2O2S. The van der Waals surface area contributed by atoms with Gasteiger partial charge in [-0.1, -0.05) is 32.0 Å². The quantitative estimate of drug-likeness (QED) is 0.809. The summed E-state index contributed by atoms with van der Waals surface area (Å²) in [5, 5.41) is 0. The minimum atomic E-state index is -0.323. The van der Waals surface area contributed by atoms with E-state index < -0.39 is 0 Å². The maximum absolute atomic E-state index is 12.8. The molecule has 0 spiro atoms. The van der Waals surface area contributed by atoms with Gasteiger partial charge < -0.3 is 9.80 Å². The second kappa shape index (κ2) is 8.22. The van der Waals surface area contributed by atoms with Crippen molar-refractivity contribution >= 4 is 23.6 Å². The third-order valence-electron chi connectivity index (χ3n) is 3.75. The van der Waals surface area contributed by atoms with Gasteiger partial charge in [-0.05, 0) is 25.0 Å². The van der Waals surface area contributed by atoms with Crippen molar-refractivity contribution in [1.82, 2.24) is 9.80 Å². The largest absolute Gasteiger partial charge is 0.341 e. The fraction of sp³-hybridized carbons (Fsp3) is 0.529. The van der Waals surface area contributed by atoms with E-state index in [-0.39, 0.29) is 17.9 Å². The second-order valence-electron chi connectivity index (χ2n) is 5.48. The zero-order chi connectivity index (χ0) is 15.9. The van der Waals surface area contributed by atoms with Crippen LogP contribution in [0.25, 0.3) is 0 Å². The Morgan fingerprint density at radius 2 is 1.82 bits per heavy atom. The fourth-order valence-electron chi connectivity index (χ4n) is 2.68. The molecule has 0 saturated carbocycles. The highest BCUT2D eigenvalue weighted by atomic mass is 32.2. The van der Waals surface area contributed by atoms with Crippen LogP contribution >= 0.6 is 11.8 Å². The third kappa shape index (κ3) is 3.83. The predicted octanol–water partition coefficient (Wildman–Crippen LogP) is 2.85. The van der Waals surface area contributed by atoms with Crippen LogP contribution in [0.2, 0.25) is 0 Å². The topological polar surface area (TPSA) is 40.6 Å². The van der Waals surface area contributed by atoms with Crippen molar-refractivity contribution in [1.29, 1.82) is 0 Å². The second-order valence-corrected chi connectivity index (χ2v) is 6.48. The predicted molar refractivity (Wildman–Crippen MR) is 90.9 cm³/mol. The number of hydrogen-bond acceptors (Lipinski definition) is 3. The molecule has 5 heteroatoms. The number of rotatable bonds is 6. The molecule has 1 aliphatic heterocycles. The summed E-state index contributed by atoms with van der Waals surface area (Å²) in [5.41, 5.74) is 0.653. The number of hydrogen-bond donors (Lipinski definition) is 0. The van der Waals surface area contributed by atoms with Crippen LogP contribution in [-0.4, -0.2) is 52.4 Å². The molecule has 0 N–H and O–H groups in total. The molecule has 1 aromatic carbocycles. The van der Waals surface area contributed by atoms with E-state index >= 15 is 0 Å². The average Bonchev–Trinajstić information content (AvgIpc) is 3.03. The molecule has 1 saturated heterocycles. The van der Waals surface area contributed by atoms with E-state index in [1.807, 2.05) is 35.2 Å². The van der Waals surface area contributed by atoms with Crippen LogP contribution in [0.15, 0.2) is 30.3 Å². The first kappa shape index (κ1) is 16.9. The lowest BCUT2D eigenvalue weighted by Gasteiger charge is -2.29. The fourth-order valence-corrected chi connectivity index (χ4v) is 3.82. The van der Waals surface area contributed by atoms with E-state index in [9.17, 15) is 9.59 Å². The molecule has 0 aliphatic carbocycles. The van der Waals surface area contributed by atoms with Crippen molar-refractivity contribution in [3.63, 3.8) is 0 Å².